The third kappa shape index (κ3) is 5.18. The number of aromatic nitrogens is 2. The van der Waals surface area contributed by atoms with Crippen molar-refractivity contribution in [2.24, 2.45) is 5.92 Å². The second kappa shape index (κ2) is 9.35. The van der Waals surface area contributed by atoms with E-state index in [0.717, 1.165) is 43.5 Å². The number of rotatable bonds is 7. The van der Waals surface area contributed by atoms with Crippen LogP contribution < -0.4 is 5.76 Å². The largest absolute Gasteiger partial charge is 0.461 e. The zero-order valence-electron chi connectivity index (χ0n) is 15.7. The van der Waals surface area contributed by atoms with Gasteiger partial charge in [0.25, 0.3) is 0 Å². The van der Waals surface area contributed by atoms with Crippen LogP contribution in [-0.4, -0.2) is 15.7 Å². The van der Waals surface area contributed by atoms with E-state index in [-0.39, 0.29) is 23.7 Å². The molecule has 6 nitrogen and oxygen atoms in total. The molecule has 1 aromatic heterocycles. The van der Waals surface area contributed by atoms with E-state index in [4.69, 9.17) is 9.26 Å². The van der Waals surface area contributed by atoms with E-state index in [1.54, 1.807) is 4.57 Å². The summed E-state index contributed by atoms with van der Waals surface area (Å²) < 4.78 is 11.9. The highest BCUT2D eigenvalue weighted by Gasteiger charge is 2.22. The molecule has 0 spiro atoms. The number of nitrogens with zero attached hydrogens (tertiary/aromatic N) is 2. The zero-order valence-corrected chi connectivity index (χ0v) is 15.7. The number of carbonyl (C=O) groups excluding carboxylic acids is 1. The van der Waals surface area contributed by atoms with Gasteiger partial charge in [0.05, 0.1) is 5.92 Å². The monoisotopic (exact) mass is 370 g/mol. The number of esters is 1. The summed E-state index contributed by atoms with van der Waals surface area (Å²) in [4.78, 5) is 24.0. The fourth-order valence-electron chi connectivity index (χ4n) is 3.35. The quantitative estimate of drug-likeness (QED) is 0.547. The van der Waals surface area contributed by atoms with Crippen molar-refractivity contribution in [2.75, 3.05) is 0 Å². The van der Waals surface area contributed by atoms with Crippen LogP contribution in [-0.2, 0) is 22.6 Å². The molecule has 0 aliphatic carbocycles. The predicted octanol–water partition coefficient (Wildman–Crippen LogP) is 3.82. The van der Waals surface area contributed by atoms with Gasteiger partial charge in [-0.25, -0.2) is 4.79 Å². The molecule has 27 heavy (non-hydrogen) atoms. The van der Waals surface area contributed by atoms with Gasteiger partial charge < -0.3 is 4.74 Å². The highest BCUT2D eigenvalue weighted by atomic mass is 16.5. The summed E-state index contributed by atoms with van der Waals surface area (Å²) in [5.41, 5.74) is 0.983. The first-order chi connectivity index (χ1) is 13.1. The number of benzene rings is 1. The molecular weight excluding hydrogens is 344 g/mol. The van der Waals surface area contributed by atoms with Gasteiger partial charge in [-0.3, -0.25) is 13.9 Å². The van der Waals surface area contributed by atoms with E-state index in [2.05, 4.69) is 5.16 Å². The van der Waals surface area contributed by atoms with Gasteiger partial charge in [-0.05, 0) is 31.2 Å². The lowest BCUT2D eigenvalue weighted by Gasteiger charge is -2.13. The van der Waals surface area contributed by atoms with Gasteiger partial charge in [0.2, 0.25) is 0 Å². The minimum atomic E-state index is -0.372. The maximum atomic E-state index is 12.1. The molecule has 2 atom stereocenters. The summed E-state index contributed by atoms with van der Waals surface area (Å²) in [5, 5.41) is 3.88. The number of fused-ring (bicyclic) bond motifs is 1. The Balaban J connectivity index is 1.47. The van der Waals surface area contributed by atoms with E-state index in [1.165, 1.54) is 0 Å². The fraction of sp³-hybridized carbons (Fsp3) is 0.476. The third-order valence-electron chi connectivity index (χ3n) is 4.95. The average Bonchev–Trinajstić information content (AvgIpc) is 2.93. The van der Waals surface area contributed by atoms with Crippen LogP contribution in [0.1, 0.15) is 56.5 Å². The molecule has 0 N–H and O–H groups in total. The molecule has 0 saturated heterocycles. The topological polar surface area (TPSA) is 74.3 Å². The Labute approximate surface area is 158 Å². The first-order valence-corrected chi connectivity index (χ1v) is 9.58. The molecule has 0 fully saturated rings. The molecule has 0 saturated carbocycles. The van der Waals surface area contributed by atoms with Crippen LogP contribution in [0.15, 0.2) is 51.8 Å². The van der Waals surface area contributed by atoms with Crippen molar-refractivity contribution in [3.05, 3.63) is 64.4 Å². The normalized spacial score (nSPS) is 18.0. The van der Waals surface area contributed by atoms with E-state index in [0.29, 0.717) is 13.0 Å². The molecule has 0 amide bonds. The fourth-order valence-corrected chi connectivity index (χ4v) is 3.35. The lowest BCUT2D eigenvalue weighted by molar-refractivity contribution is -0.149. The molecule has 1 aromatic carbocycles. The second-order valence-corrected chi connectivity index (χ2v) is 7.07. The Kier molecular flexibility index (Phi) is 6.63. The standard InChI is InChI=1S/C21H26N2O4/c1-16(20(24)26-15-17-10-3-2-4-11-17)9-5-6-12-18-13-7-8-14-19-22-27-21(25)23(18)19/h2-6,10-11,16,18H,7-9,12-15H2,1H3/b6-5-/t16-,18-/m0/s1. The van der Waals surface area contributed by atoms with Crippen LogP contribution >= 0.6 is 0 Å². The van der Waals surface area contributed by atoms with Crippen molar-refractivity contribution < 1.29 is 14.1 Å². The van der Waals surface area contributed by atoms with Crippen molar-refractivity contribution in [2.45, 2.75) is 58.1 Å². The molecule has 0 radical (unpaired) electrons. The van der Waals surface area contributed by atoms with Gasteiger partial charge in [-0.2, -0.15) is 0 Å². The number of ether oxygens (including phenoxy) is 1. The van der Waals surface area contributed by atoms with Crippen molar-refractivity contribution in [1.82, 2.24) is 9.72 Å². The highest BCUT2D eigenvalue weighted by Crippen LogP contribution is 2.24. The number of hydrogen-bond donors (Lipinski definition) is 0. The average molecular weight is 370 g/mol. The first-order valence-electron chi connectivity index (χ1n) is 9.58. The van der Waals surface area contributed by atoms with E-state index in [9.17, 15) is 9.59 Å². The SMILES string of the molecule is C[C@@H](C/C=C\C[C@H]1CCCCc2noc(=O)n21)C(=O)OCc1ccccc1. The van der Waals surface area contributed by atoms with E-state index < -0.39 is 0 Å². The van der Waals surface area contributed by atoms with Crippen molar-refractivity contribution in [3.8, 4) is 0 Å². The van der Waals surface area contributed by atoms with Crippen LogP contribution in [0.4, 0.5) is 0 Å². The van der Waals surface area contributed by atoms with Gasteiger partial charge in [0.15, 0.2) is 5.82 Å². The van der Waals surface area contributed by atoms with E-state index >= 15 is 0 Å². The van der Waals surface area contributed by atoms with Gasteiger partial charge in [0, 0.05) is 12.5 Å². The molecule has 144 valence electrons. The summed E-state index contributed by atoms with van der Waals surface area (Å²) in [6.07, 6.45) is 9.22. The van der Waals surface area contributed by atoms with Crippen LogP contribution in [0.25, 0.3) is 0 Å². The van der Waals surface area contributed by atoms with Gasteiger partial charge in [-0.1, -0.05) is 61.0 Å². The molecule has 0 unspecified atom stereocenters. The summed E-state index contributed by atoms with van der Waals surface area (Å²) in [7, 11) is 0. The Bertz CT molecular complexity index is 822. The smallest absolute Gasteiger partial charge is 0.441 e. The molecule has 0 bridgehead atoms. The van der Waals surface area contributed by atoms with Crippen LogP contribution in [0.5, 0.6) is 0 Å². The molecule has 6 heteroatoms. The Morgan fingerprint density at radius 3 is 2.96 bits per heavy atom. The summed E-state index contributed by atoms with van der Waals surface area (Å²) in [6.45, 7) is 2.17. The minimum Gasteiger partial charge on any atom is -0.461 e. The number of aryl methyl sites for hydroxylation is 1. The number of allylic oxidation sites excluding steroid dienone is 2. The minimum absolute atomic E-state index is 0.0813. The molecule has 2 aromatic rings. The van der Waals surface area contributed by atoms with Crippen molar-refractivity contribution in [3.63, 3.8) is 0 Å². The number of hydrogen-bond acceptors (Lipinski definition) is 5. The lowest BCUT2D eigenvalue weighted by Crippen LogP contribution is -2.21. The molecular formula is C21H26N2O4. The van der Waals surface area contributed by atoms with Crippen LogP contribution in [0.3, 0.4) is 0 Å². The first kappa shape index (κ1) is 19.1. The molecule has 2 heterocycles. The molecule has 1 aliphatic rings. The Hall–Kier alpha value is -2.63. The maximum absolute atomic E-state index is 12.1. The van der Waals surface area contributed by atoms with Gasteiger partial charge in [-0.15, -0.1) is 0 Å². The maximum Gasteiger partial charge on any atom is 0.441 e. The number of carbonyl (C=O) groups is 1. The van der Waals surface area contributed by atoms with Gasteiger partial charge in [0.1, 0.15) is 6.61 Å². The molecule has 1 aliphatic heterocycles. The van der Waals surface area contributed by atoms with Crippen molar-refractivity contribution >= 4 is 5.97 Å². The third-order valence-corrected chi connectivity index (χ3v) is 4.95. The van der Waals surface area contributed by atoms with Crippen LogP contribution in [0, 0.1) is 5.92 Å². The van der Waals surface area contributed by atoms with Gasteiger partial charge >= 0.3 is 11.7 Å². The highest BCUT2D eigenvalue weighted by molar-refractivity contribution is 5.72. The summed E-state index contributed by atoms with van der Waals surface area (Å²) >= 11 is 0. The zero-order chi connectivity index (χ0) is 19.1. The Morgan fingerprint density at radius 1 is 1.33 bits per heavy atom. The molecule has 3 rings (SSSR count). The van der Waals surface area contributed by atoms with Crippen molar-refractivity contribution in [1.29, 1.82) is 0 Å². The summed E-state index contributed by atoms with van der Waals surface area (Å²) in [5.74, 6) is -0.0274. The Morgan fingerprint density at radius 2 is 2.15 bits per heavy atom. The van der Waals surface area contributed by atoms with Crippen LogP contribution in [0.2, 0.25) is 0 Å². The second-order valence-electron chi connectivity index (χ2n) is 7.07. The predicted molar refractivity (Wildman–Crippen MR) is 101 cm³/mol. The van der Waals surface area contributed by atoms with E-state index in [1.807, 2.05) is 49.4 Å². The lowest BCUT2D eigenvalue weighted by atomic mass is 10.0. The summed E-state index contributed by atoms with van der Waals surface area (Å²) in [6, 6.07) is 9.74.